The highest BCUT2D eigenvalue weighted by Gasteiger charge is 2.42. The number of pyridine rings is 1. The lowest BCUT2D eigenvalue weighted by Gasteiger charge is -2.39. The molecule has 2 aliphatic rings. The first kappa shape index (κ1) is 23.6. The number of nitrogens with one attached hydrogen (secondary N) is 2. The number of carbonyl (C=O) groups excluding carboxylic acids is 2. The molecule has 1 saturated carbocycles. The second-order valence-corrected chi connectivity index (χ2v) is 8.69. The van der Waals surface area contributed by atoms with Gasteiger partial charge >= 0.3 is 6.18 Å². The van der Waals surface area contributed by atoms with Crippen molar-refractivity contribution in [2.45, 2.75) is 63.6 Å². The van der Waals surface area contributed by atoms with Gasteiger partial charge in [-0.2, -0.15) is 13.2 Å². The molecule has 2 heterocycles. The van der Waals surface area contributed by atoms with E-state index in [1.807, 2.05) is 6.92 Å². The number of likely N-dealkylation sites (N-methyl/N-ethyl adjacent to an activating group) is 1. The summed E-state index contributed by atoms with van der Waals surface area (Å²) < 4.78 is 38.5. The van der Waals surface area contributed by atoms with Gasteiger partial charge in [-0.05, 0) is 38.7 Å². The van der Waals surface area contributed by atoms with Crippen molar-refractivity contribution in [1.82, 2.24) is 15.6 Å². The molecule has 3 rings (SSSR count). The summed E-state index contributed by atoms with van der Waals surface area (Å²) in [4.78, 5) is 31.3. The average molecular weight is 461 g/mol. The molecule has 10 heteroatoms. The molecule has 0 spiro atoms. The van der Waals surface area contributed by atoms with Gasteiger partial charge in [0.1, 0.15) is 11.4 Å². The molecule has 172 valence electrons. The van der Waals surface area contributed by atoms with Crippen molar-refractivity contribution in [1.29, 1.82) is 0 Å². The number of piperidine rings is 1. The third-order valence-corrected chi connectivity index (χ3v) is 6.43. The van der Waals surface area contributed by atoms with E-state index >= 15 is 0 Å². The number of aromatic nitrogens is 1. The number of hydrogen-bond acceptors (Lipinski definition) is 4. The van der Waals surface area contributed by atoms with E-state index in [9.17, 15) is 22.8 Å². The summed E-state index contributed by atoms with van der Waals surface area (Å²) in [5.41, 5.74) is -1.74. The minimum Gasteiger partial charge on any atom is -0.355 e. The molecule has 0 aromatic carbocycles. The Kier molecular flexibility index (Phi) is 7.34. The van der Waals surface area contributed by atoms with Crippen LogP contribution in [0, 0.1) is 5.92 Å². The Hall–Kier alpha value is -2.03. The number of alkyl halides is 3. The second kappa shape index (κ2) is 9.63. The molecule has 0 atom stereocenters. The predicted octanol–water partition coefficient (Wildman–Crippen LogP) is 3.93. The first-order valence-corrected chi connectivity index (χ1v) is 11.1. The zero-order valence-electron chi connectivity index (χ0n) is 17.5. The van der Waals surface area contributed by atoms with Gasteiger partial charge in [0.25, 0.3) is 0 Å². The minimum absolute atomic E-state index is 0.0601. The van der Waals surface area contributed by atoms with E-state index in [4.69, 9.17) is 11.6 Å². The molecule has 0 unspecified atom stereocenters. The maximum Gasteiger partial charge on any atom is 0.417 e. The Morgan fingerprint density at radius 2 is 1.87 bits per heavy atom. The summed E-state index contributed by atoms with van der Waals surface area (Å²) in [6, 6.07) is 0.877. The topological polar surface area (TPSA) is 74.3 Å². The maximum atomic E-state index is 13.0. The van der Waals surface area contributed by atoms with Crippen LogP contribution in [0.3, 0.4) is 0 Å². The van der Waals surface area contributed by atoms with Crippen molar-refractivity contribution in [2.24, 2.45) is 5.92 Å². The van der Waals surface area contributed by atoms with Crippen LogP contribution < -0.4 is 15.5 Å². The number of nitrogens with zero attached hydrogens (tertiary/aromatic N) is 2. The molecular weight excluding hydrogens is 433 g/mol. The van der Waals surface area contributed by atoms with Gasteiger partial charge in [0.15, 0.2) is 0 Å². The third kappa shape index (κ3) is 5.42. The highest BCUT2D eigenvalue weighted by molar-refractivity contribution is 6.33. The van der Waals surface area contributed by atoms with Crippen LogP contribution in [-0.4, -0.2) is 42.0 Å². The molecule has 2 fully saturated rings. The summed E-state index contributed by atoms with van der Waals surface area (Å²) >= 11 is 6.05. The van der Waals surface area contributed by atoms with E-state index in [-0.39, 0.29) is 22.8 Å². The van der Waals surface area contributed by atoms with Crippen LogP contribution in [0.25, 0.3) is 0 Å². The number of anilines is 1. The second-order valence-electron chi connectivity index (χ2n) is 8.28. The zero-order valence-corrected chi connectivity index (χ0v) is 18.3. The Labute approximate surface area is 184 Å². The monoisotopic (exact) mass is 460 g/mol. The van der Waals surface area contributed by atoms with Gasteiger partial charge in [0.05, 0.1) is 10.6 Å². The SMILES string of the molecule is CCNC(=O)C1(NC(=O)C2CCN(c3ncc(C(F)(F)F)cc3Cl)CC2)CCCCC1. The number of amides is 2. The number of carbonyl (C=O) groups is 2. The molecule has 1 aromatic heterocycles. The molecule has 31 heavy (non-hydrogen) atoms. The third-order valence-electron chi connectivity index (χ3n) is 6.16. The fourth-order valence-electron chi connectivity index (χ4n) is 4.40. The largest absolute Gasteiger partial charge is 0.417 e. The highest BCUT2D eigenvalue weighted by atomic mass is 35.5. The van der Waals surface area contributed by atoms with Crippen molar-refractivity contribution in [3.8, 4) is 0 Å². The number of hydrogen-bond donors (Lipinski definition) is 2. The normalized spacial score (nSPS) is 19.7. The highest BCUT2D eigenvalue weighted by Crippen LogP contribution is 2.35. The number of rotatable bonds is 5. The lowest BCUT2D eigenvalue weighted by atomic mass is 9.80. The molecule has 2 N–H and O–H groups in total. The van der Waals surface area contributed by atoms with Gasteiger partial charge < -0.3 is 15.5 Å². The molecule has 1 aliphatic carbocycles. The standard InChI is InChI=1S/C21H28ClF3N4O2/c1-2-26-19(31)20(8-4-3-5-9-20)28-18(30)14-6-10-29(11-7-14)17-16(22)12-15(13-27-17)21(23,24)25/h12-14H,2-11H2,1H3,(H,26,31)(H,28,30). The molecule has 0 bridgehead atoms. The first-order valence-electron chi connectivity index (χ1n) is 10.7. The van der Waals surface area contributed by atoms with Crippen LogP contribution in [0.4, 0.5) is 19.0 Å². The van der Waals surface area contributed by atoms with Crippen LogP contribution in [-0.2, 0) is 15.8 Å². The van der Waals surface area contributed by atoms with Gasteiger partial charge in [-0.25, -0.2) is 4.98 Å². The predicted molar refractivity (Wildman–Crippen MR) is 112 cm³/mol. The van der Waals surface area contributed by atoms with Crippen molar-refractivity contribution in [3.63, 3.8) is 0 Å². The van der Waals surface area contributed by atoms with Crippen molar-refractivity contribution < 1.29 is 22.8 Å². The molecule has 6 nitrogen and oxygen atoms in total. The summed E-state index contributed by atoms with van der Waals surface area (Å²) in [5.74, 6) is -0.238. The minimum atomic E-state index is -4.50. The van der Waals surface area contributed by atoms with E-state index in [1.165, 1.54) is 0 Å². The first-order chi connectivity index (χ1) is 14.7. The molecule has 1 aliphatic heterocycles. The van der Waals surface area contributed by atoms with Crippen LogP contribution in [0.2, 0.25) is 5.02 Å². The number of halogens is 4. The van der Waals surface area contributed by atoms with Crippen LogP contribution >= 0.6 is 11.6 Å². The fraction of sp³-hybridized carbons (Fsp3) is 0.667. The van der Waals surface area contributed by atoms with E-state index in [0.717, 1.165) is 31.5 Å². The zero-order chi connectivity index (χ0) is 22.6. The Morgan fingerprint density at radius 3 is 2.42 bits per heavy atom. The average Bonchev–Trinajstić information content (AvgIpc) is 2.74. The van der Waals surface area contributed by atoms with Gasteiger partial charge in [-0.3, -0.25) is 9.59 Å². The van der Waals surface area contributed by atoms with Crippen LogP contribution in [0.5, 0.6) is 0 Å². The van der Waals surface area contributed by atoms with Gasteiger partial charge in [-0.1, -0.05) is 30.9 Å². The Morgan fingerprint density at radius 1 is 1.23 bits per heavy atom. The molecule has 0 radical (unpaired) electrons. The maximum absolute atomic E-state index is 13.0. The van der Waals surface area contributed by atoms with Crippen molar-refractivity contribution >= 4 is 29.2 Å². The van der Waals surface area contributed by atoms with Crippen molar-refractivity contribution in [2.75, 3.05) is 24.5 Å². The quantitative estimate of drug-likeness (QED) is 0.698. The van der Waals surface area contributed by atoms with Gasteiger partial charge in [0.2, 0.25) is 11.8 Å². The van der Waals surface area contributed by atoms with Crippen molar-refractivity contribution in [3.05, 3.63) is 22.8 Å². The van der Waals surface area contributed by atoms with E-state index in [2.05, 4.69) is 15.6 Å². The van der Waals surface area contributed by atoms with Crippen LogP contribution in [0.15, 0.2) is 12.3 Å². The molecule has 1 aromatic rings. The fourth-order valence-corrected chi connectivity index (χ4v) is 4.69. The van der Waals surface area contributed by atoms with Gasteiger partial charge in [-0.15, -0.1) is 0 Å². The van der Waals surface area contributed by atoms with Gasteiger partial charge in [0, 0.05) is 31.7 Å². The lowest BCUT2D eigenvalue weighted by Crippen LogP contribution is -2.61. The summed E-state index contributed by atoms with van der Waals surface area (Å²) in [6.07, 6.45) is 1.41. The summed E-state index contributed by atoms with van der Waals surface area (Å²) in [7, 11) is 0. The van der Waals surface area contributed by atoms with E-state index in [0.29, 0.717) is 51.1 Å². The molecule has 1 saturated heterocycles. The van der Waals surface area contributed by atoms with Crippen LogP contribution in [0.1, 0.15) is 57.4 Å². The molecule has 2 amide bonds. The summed E-state index contributed by atoms with van der Waals surface area (Å²) in [6.45, 7) is 3.26. The van der Waals surface area contributed by atoms with E-state index < -0.39 is 17.3 Å². The smallest absolute Gasteiger partial charge is 0.355 e. The Bertz CT molecular complexity index is 804. The molecular formula is C21H28ClF3N4O2. The van der Waals surface area contributed by atoms with E-state index in [1.54, 1.807) is 4.90 Å². The Balaban J connectivity index is 1.62. The summed E-state index contributed by atoms with van der Waals surface area (Å²) in [5, 5.41) is 5.83. The lowest BCUT2D eigenvalue weighted by molar-refractivity contribution is -0.137.